The van der Waals surface area contributed by atoms with Gasteiger partial charge in [0.15, 0.2) is 6.10 Å². The quantitative estimate of drug-likeness (QED) is 0.538. The van der Waals surface area contributed by atoms with Gasteiger partial charge in [0.1, 0.15) is 11.1 Å². The number of esters is 1. The molecule has 2 unspecified atom stereocenters. The Hall–Kier alpha value is -0.720. The van der Waals surface area contributed by atoms with Crippen molar-refractivity contribution in [1.82, 2.24) is 4.90 Å². The fourth-order valence-corrected chi connectivity index (χ4v) is 3.29. The Labute approximate surface area is 102 Å². The average molecular weight is 264 g/mol. The van der Waals surface area contributed by atoms with E-state index in [-0.39, 0.29) is 17.0 Å². The maximum atomic E-state index is 11.7. The van der Waals surface area contributed by atoms with Crippen LogP contribution in [-0.4, -0.2) is 48.2 Å². The van der Waals surface area contributed by atoms with E-state index in [0.29, 0.717) is 10.8 Å². The third-order valence-corrected chi connectivity index (χ3v) is 4.23. The number of β-lactam (4-membered cyclic amide) rings is 1. The highest BCUT2D eigenvalue weighted by Gasteiger charge is 2.54. The molecule has 1 fully saturated rings. The van der Waals surface area contributed by atoms with E-state index in [1.54, 1.807) is 0 Å². The van der Waals surface area contributed by atoms with Gasteiger partial charge in [0.25, 0.3) is 5.91 Å². The number of thioether (sulfide) groups is 1. The number of fused-ring (bicyclic) bond motifs is 1. The first kappa shape index (κ1) is 11.8. The molecule has 0 saturated carbocycles. The number of rotatable bonds is 2. The molecule has 5 nitrogen and oxygen atoms in total. The van der Waals surface area contributed by atoms with Crippen LogP contribution in [0.2, 0.25) is 0 Å². The first-order valence-electron chi connectivity index (χ1n) is 4.56. The van der Waals surface area contributed by atoms with E-state index in [1.165, 1.54) is 30.9 Å². The van der Waals surface area contributed by atoms with Crippen molar-refractivity contribution in [2.45, 2.75) is 11.5 Å². The van der Waals surface area contributed by atoms with E-state index in [2.05, 4.69) is 4.74 Å². The van der Waals surface area contributed by atoms with Gasteiger partial charge in [-0.05, 0) is 0 Å². The number of amides is 1. The average Bonchev–Trinajstić information content (AvgIpc) is 2.29. The molecule has 16 heavy (non-hydrogen) atoms. The molecule has 1 amide bonds. The summed E-state index contributed by atoms with van der Waals surface area (Å²) in [4.78, 5) is 24.5. The highest BCUT2D eigenvalue weighted by atomic mass is 35.5. The molecule has 2 aliphatic heterocycles. The lowest BCUT2D eigenvalue weighted by Gasteiger charge is -2.48. The Kier molecular flexibility index (Phi) is 3.14. The Morgan fingerprint density at radius 2 is 2.25 bits per heavy atom. The molecule has 0 aromatic carbocycles. The van der Waals surface area contributed by atoms with Crippen molar-refractivity contribution >= 4 is 35.2 Å². The monoisotopic (exact) mass is 263 g/mol. The second-order valence-corrected chi connectivity index (χ2v) is 4.87. The Balaban J connectivity index is 2.30. The fraction of sp³-hybridized carbons (Fsp3) is 0.556. The maximum Gasteiger partial charge on any atom is 0.356 e. The van der Waals surface area contributed by atoms with Crippen molar-refractivity contribution in [3.8, 4) is 0 Å². The minimum Gasteiger partial charge on any atom is -0.464 e. The van der Waals surface area contributed by atoms with Gasteiger partial charge in [-0.1, -0.05) is 11.6 Å². The summed E-state index contributed by atoms with van der Waals surface area (Å²) in [6, 6.07) is 0. The normalized spacial score (nSPS) is 28.7. The van der Waals surface area contributed by atoms with Crippen LogP contribution < -0.4 is 0 Å². The molecule has 0 aromatic heterocycles. The Bertz CT molecular complexity index is 384. The van der Waals surface area contributed by atoms with Crippen LogP contribution >= 0.6 is 23.4 Å². The van der Waals surface area contributed by atoms with Gasteiger partial charge in [-0.3, -0.25) is 9.69 Å². The molecule has 1 saturated heterocycles. The van der Waals surface area contributed by atoms with E-state index in [9.17, 15) is 9.59 Å². The molecule has 2 heterocycles. The van der Waals surface area contributed by atoms with Crippen molar-refractivity contribution < 1.29 is 19.1 Å². The van der Waals surface area contributed by atoms with E-state index >= 15 is 0 Å². The van der Waals surface area contributed by atoms with Crippen LogP contribution in [0, 0.1) is 0 Å². The van der Waals surface area contributed by atoms with Crippen LogP contribution in [0.1, 0.15) is 0 Å². The first-order chi connectivity index (χ1) is 7.61. The second kappa shape index (κ2) is 4.27. The van der Waals surface area contributed by atoms with Crippen LogP contribution in [0.4, 0.5) is 0 Å². The molecule has 0 spiro atoms. The second-order valence-electron chi connectivity index (χ2n) is 3.31. The number of carbonyl (C=O) groups is 2. The van der Waals surface area contributed by atoms with Crippen LogP contribution in [0.15, 0.2) is 10.7 Å². The van der Waals surface area contributed by atoms with Crippen LogP contribution in [0.25, 0.3) is 0 Å². The largest absolute Gasteiger partial charge is 0.464 e. The topological polar surface area (TPSA) is 55.8 Å². The molecule has 2 atom stereocenters. The van der Waals surface area contributed by atoms with Crippen LogP contribution in [0.3, 0.4) is 0 Å². The van der Waals surface area contributed by atoms with E-state index in [1.807, 2.05) is 0 Å². The van der Waals surface area contributed by atoms with Crippen molar-refractivity contribution in [2.24, 2.45) is 0 Å². The smallest absolute Gasteiger partial charge is 0.356 e. The summed E-state index contributed by atoms with van der Waals surface area (Å²) in [5.41, 5.74) is 0.145. The summed E-state index contributed by atoms with van der Waals surface area (Å²) in [5, 5.41) is 0.171. The standard InChI is InChI=1S/C9H10ClNO4S/c1-14-6-7(12)11-5(9(13)15-2)4(10)3-16-8(6)11/h6,8H,3H2,1-2H3. The molecule has 7 heteroatoms. The molecule has 0 aromatic rings. The first-order valence-corrected chi connectivity index (χ1v) is 5.99. The van der Waals surface area contributed by atoms with Crippen molar-refractivity contribution in [2.75, 3.05) is 20.0 Å². The summed E-state index contributed by atoms with van der Waals surface area (Å²) in [6.45, 7) is 0. The molecule has 0 aliphatic carbocycles. The van der Waals surface area contributed by atoms with Crippen LogP contribution in [0.5, 0.6) is 0 Å². The number of hydrogen-bond donors (Lipinski definition) is 0. The van der Waals surface area contributed by atoms with Gasteiger partial charge in [0.05, 0.1) is 12.1 Å². The summed E-state index contributed by atoms with van der Waals surface area (Å²) < 4.78 is 9.64. The van der Waals surface area contributed by atoms with E-state index < -0.39 is 12.1 Å². The molecular formula is C9H10ClNO4S. The third-order valence-electron chi connectivity index (χ3n) is 2.51. The minimum atomic E-state index is -0.585. The van der Waals surface area contributed by atoms with Crippen LogP contribution in [-0.2, 0) is 19.1 Å². The van der Waals surface area contributed by atoms with E-state index in [4.69, 9.17) is 16.3 Å². The predicted molar refractivity (Wildman–Crippen MR) is 58.8 cm³/mol. The number of halogens is 1. The molecule has 88 valence electrons. The predicted octanol–water partition coefficient (Wildman–Crippen LogP) is 0.540. The zero-order valence-electron chi connectivity index (χ0n) is 8.73. The zero-order valence-corrected chi connectivity index (χ0v) is 10.3. The van der Waals surface area contributed by atoms with Gasteiger partial charge in [-0.15, -0.1) is 11.8 Å². The lowest BCUT2D eigenvalue weighted by Crippen LogP contribution is -2.65. The Morgan fingerprint density at radius 1 is 1.56 bits per heavy atom. The minimum absolute atomic E-state index is 0.145. The summed E-state index contributed by atoms with van der Waals surface area (Å²) in [7, 11) is 2.73. The number of carbonyl (C=O) groups excluding carboxylic acids is 2. The SMILES string of the molecule is COC(=O)C1=C(Cl)CSC2C(OC)C(=O)N12. The Morgan fingerprint density at radius 3 is 2.81 bits per heavy atom. The number of nitrogens with zero attached hydrogens (tertiary/aromatic N) is 1. The zero-order chi connectivity index (χ0) is 11.9. The molecule has 0 bridgehead atoms. The van der Waals surface area contributed by atoms with Gasteiger partial charge in [-0.25, -0.2) is 4.79 Å². The fourth-order valence-electron chi connectivity index (χ4n) is 1.72. The van der Waals surface area contributed by atoms with Crippen molar-refractivity contribution in [3.05, 3.63) is 10.7 Å². The number of methoxy groups -OCH3 is 2. The lowest BCUT2D eigenvalue weighted by molar-refractivity contribution is -0.162. The summed E-state index contributed by atoms with van der Waals surface area (Å²) in [5.74, 6) is -0.350. The van der Waals surface area contributed by atoms with Gasteiger partial charge >= 0.3 is 5.97 Å². The highest BCUT2D eigenvalue weighted by molar-refractivity contribution is 8.00. The maximum absolute atomic E-state index is 11.7. The molecule has 2 rings (SSSR count). The third kappa shape index (κ3) is 1.52. The highest BCUT2D eigenvalue weighted by Crippen LogP contribution is 2.42. The molecular weight excluding hydrogens is 254 g/mol. The van der Waals surface area contributed by atoms with Gasteiger partial charge in [0, 0.05) is 12.9 Å². The lowest BCUT2D eigenvalue weighted by atomic mass is 10.1. The summed E-state index contributed by atoms with van der Waals surface area (Å²) in [6.07, 6.45) is -0.491. The molecule has 0 N–H and O–H groups in total. The van der Waals surface area contributed by atoms with Gasteiger partial charge in [-0.2, -0.15) is 0 Å². The van der Waals surface area contributed by atoms with Crippen molar-refractivity contribution in [1.29, 1.82) is 0 Å². The van der Waals surface area contributed by atoms with E-state index in [0.717, 1.165) is 0 Å². The summed E-state index contributed by atoms with van der Waals surface area (Å²) >= 11 is 7.40. The number of hydrogen-bond acceptors (Lipinski definition) is 5. The van der Waals surface area contributed by atoms with Gasteiger partial charge < -0.3 is 9.47 Å². The molecule has 0 radical (unpaired) electrons. The van der Waals surface area contributed by atoms with Crippen molar-refractivity contribution in [3.63, 3.8) is 0 Å². The molecule has 2 aliphatic rings. The van der Waals surface area contributed by atoms with Gasteiger partial charge in [0.2, 0.25) is 0 Å². The number of ether oxygens (including phenoxy) is 2.